The Bertz CT molecular complexity index is 700. The second-order valence-electron chi connectivity index (χ2n) is 8.95. The van der Waals surface area contributed by atoms with Crippen LogP contribution in [-0.4, -0.2) is 23.2 Å². The smallest absolute Gasteiger partial charge is 0.159 e. The van der Waals surface area contributed by atoms with Crippen molar-refractivity contribution >= 4 is 0 Å². The van der Waals surface area contributed by atoms with Gasteiger partial charge in [-0.25, -0.2) is 9.97 Å². The van der Waals surface area contributed by atoms with E-state index in [0.717, 1.165) is 49.0 Å². The summed E-state index contributed by atoms with van der Waals surface area (Å²) in [4.78, 5) is 8.93. The first-order valence-electron chi connectivity index (χ1n) is 12.9. The van der Waals surface area contributed by atoms with Crippen LogP contribution in [0.3, 0.4) is 0 Å². The minimum absolute atomic E-state index is 0.712. The van der Waals surface area contributed by atoms with Gasteiger partial charge < -0.3 is 9.47 Å². The lowest BCUT2D eigenvalue weighted by Gasteiger charge is -2.09. The molecule has 1 atom stereocenters. The van der Waals surface area contributed by atoms with Crippen LogP contribution in [0.4, 0.5) is 0 Å². The van der Waals surface area contributed by atoms with E-state index in [2.05, 4.69) is 30.7 Å². The minimum Gasteiger partial charge on any atom is -0.494 e. The highest BCUT2D eigenvalue weighted by Crippen LogP contribution is 2.21. The summed E-state index contributed by atoms with van der Waals surface area (Å²) < 4.78 is 11.7. The van der Waals surface area contributed by atoms with Gasteiger partial charge in [-0.2, -0.15) is 0 Å². The number of hydrogen-bond donors (Lipinski definition) is 0. The number of rotatable bonds is 18. The van der Waals surface area contributed by atoms with Crippen molar-refractivity contribution in [2.75, 3.05) is 13.2 Å². The van der Waals surface area contributed by atoms with Gasteiger partial charge in [-0.3, -0.25) is 0 Å². The van der Waals surface area contributed by atoms with Crippen molar-refractivity contribution in [3.05, 3.63) is 36.7 Å². The summed E-state index contributed by atoms with van der Waals surface area (Å²) in [6, 6.07) is 8.05. The van der Waals surface area contributed by atoms with Gasteiger partial charge in [0, 0.05) is 5.56 Å². The fourth-order valence-corrected chi connectivity index (χ4v) is 3.66. The van der Waals surface area contributed by atoms with Crippen LogP contribution in [0.15, 0.2) is 36.7 Å². The van der Waals surface area contributed by atoms with Crippen molar-refractivity contribution in [2.24, 2.45) is 5.92 Å². The van der Waals surface area contributed by atoms with Crippen LogP contribution >= 0.6 is 0 Å². The fraction of sp³-hybridized carbons (Fsp3) is 0.643. The van der Waals surface area contributed by atoms with E-state index < -0.39 is 0 Å². The summed E-state index contributed by atoms with van der Waals surface area (Å²) in [7, 11) is 0. The van der Waals surface area contributed by atoms with Crippen LogP contribution in [0.2, 0.25) is 0 Å². The van der Waals surface area contributed by atoms with Gasteiger partial charge in [0.1, 0.15) is 5.75 Å². The molecule has 32 heavy (non-hydrogen) atoms. The van der Waals surface area contributed by atoms with Gasteiger partial charge in [-0.15, -0.1) is 0 Å². The molecular weight excluding hydrogens is 396 g/mol. The lowest BCUT2D eigenvalue weighted by Crippen LogP contribution is -2.00. The summed E-state index contributed by atoms with van der Waals surface area (Å²) in [5.41, 5.74) is 0.990. The van der Waals surface area contributed by atoms with Gasteiger partial charge in [-0.1, -0.05) is 78.6 Å². The van der Waals surface area contributed by atoms with Crippen LogP contribution in [0.25, 0.3) is 11.4 Å². The highest BCUT2D eigenvalue weighted by molar-refractivity contribution is 5.56. The SMILES string of the molecule is CCCCCCCCCCOc1ccc(-c2ncc(OCCCCC(C)CC)cn2)cc1. The average molecular weight is 441 g/mol. The molecule has 0 N–H and O–H groups in total. The molecule has 0 saturated carbocycles. The Balaban J connectivity index is 1.62. The van der Waals surface area contributed by atoms with Crippen molar-refractivity contribution in [3.63, 3.8) is 0 Å². The molecule has 178 valence electrons. The zero-order valence-corrected chi connectivity index (χ0v) is 20.7. The van der Waals surface area contributed by atoms with Gasteiger partial charge >= 0.3 is 0 Å². The molecular formula is C28H44N2O2. The molecule has 0 aliphatic rings. The monoisotopic (exact) mass is 440 g/mol. The van der Waals surface area contributed by atoms with E-state index in [-0.39, 0.29) is 0 Å². The van der Waals surface area contributed by atoms with Crippen LogP contribution in [0.1, 0.15) is 97.8 Å². The van der Waals surface area contributed by atoms with Gasteiger partial charge in [-0.05, 0) is 49.4 Å². The first-order valence-corrected chi connectivity index (χ1v) is 12.9. The van der Waals surface area contributed by atoms with E-state index in [9.17, 15) is 0 Å². The van der Waals surface area contributed by atoms with Crippen LogP contribution in [0, 0.1) is 5.92 Å². The van der Waals surface area contributed by atoms with E-state index in [1.165, 1.54) is 64.2 Å². The molecule has 0 fully saturated rings. The van der Waals surface area contributed by atoms with Crippen molar-refractivity contribution in [2.45, 2.75) is 97.8 Å². The van der Waals surface area contributed by atoms with Crippen molar-refractivity contribution in [1.82, 2.24) is 9.97 Å². The molecule has 1 aromatic carbocycles. The lowest BCUT2D eigenvalue weighted by molar-refractivity contribution is 0.297. The Morgan fingerprint density at radius 3 is 1.88 bits per heavy atom. The predicted molar refractivity (Wildman–Crippen MR) is 134 cm³/mol. The second-order valence-corrected chi connectivity index (χ2v) is 8.95. The van der Waals surface area contributed by atoms with Crippen LogP contribution in [-0.2, 0) is 0 Å². The average Bonchev–Trinajstić information content (AvgIpc) is 2.83. The Hall–Kier alpha value is -2.10. The third kappa shape index (κ3) is 11.0. The largest absolute Gasteiger partial charge is 0.494 e. The number of unbranched alkanes of at least 4 members (excludes halogenated alkanes) is 8. The standard InChI is InChI=1S/C28H44N2O2/c1-4-6-7-8-9-10-11-13-20-31-26-18-16-25(17-19-26)28-29-22-27(23-30-28)32-21-14-12-15-24(3)5-2/h16-19,22-24H,4-15,20-21H2,1-3H3. The Morgan fingerprint density at radius 1 is 0.688 bits per heavy atom. The predicted octanol–water partition coefficient (Wildman–Crippen LogP) is 8.26. The summed E-state index contributed by atoms with van der Waals surface area (Å²) >= 11 is 0. The number of hydrogen-bond acceptors (Lipinski definition) is 4. The van der Waals surface area contributed by atoms with Crippen LogP contribution in [0.5, 0.6) is 11.5 Å². The molecule has 2 rings (SSSR count). The summed E-state index contributed by atoms with van der Waals surface area (Å²) in [6.07, 6.45) is 18.9. The molecule has 4 nitrogen and oxygen atoms in total. The number of nitrogens with zero attached hydrogens (tertiary/aromatic N) is 2. The lowest BCUT2D eigenvalue weighted by atomic mass is 10.0. The first kappa shape index (κ1) is 26.2. The summed E-state index contributed by atoms with van der Waals surface area (Å²) in [6.45, 7) is 8.33. The van der Waals surface area contributed by atoms with Crippen molar-refractivity contribution in [1.29, 1.82) is 0 Å². The first-order chi connectivity index (χ1) is 15.7. The third-order valence-electron chi connectivity index (χ3n) is 6.06. The summed E-state index contributed by atoms with van der Waals surface area (Å²) in [5.74, 6) is 3.17. The second kappa shape index (κ2) is 16.5. The van der Waals surface area contributed by atoms with E-state index in [1.807, 2.05) is 24.3 Å². The molecule has 0 bridgehead atoms. The molecule has 0 spiro atoms. The molecule has 1 heterocycles. The highest BCUT2D eigenvalue weighted by atomic mass is 16.5. The maximum atomic E-state index is 5.89. The van der Waals surface area contributed by atoms with Gasteiger partial charge in [0.25, 0.3) is 0 Å². The number of ether oxygens (including phenoxy) is 2. The molecule has 0 saturated heterocycles. The zero-order chi connectivity index (χ0) is 22.9. The molecule has 0 aliphatic heterocycles. The van der Waals surface area contributed by atoms with E-state index in [0.29, 0.717) is 5.82 Å². The number of aromatic nitrogens is 2. The molecule has 1 unspecified atom stereocenters. The molecule has 0 radical (unpaired) electrons. The molecule has 2 aromatic rings. The summed E-state index contributed by atoms with van der Waals surface area (Å²) in [5, 5.41) is 0. The fourth-order valence-electron chi connectivity index (χ4n) is 3.66. The maximum absolute atomic E-state index is 5.89. The van der Waals surface area contributed by atoms with Crippen LogP contribution < -0.4 is 9.47 Å². The molecule has 4 heteroatoms. The molecule has 0 amide bonds. The Kier molecular flexibility index (Phi) is 13.5. The van der Waals surface area contributed by atoms with E-state index in [4.69, 9.17) is 9.47 Å². The van der Waals surface area contributed by atoms with Crippen molar-refractivity contribution in [3.8, 4) is 22.9 Å². The topological polar surface area (TPSA) is 44.2 Å². The Labute approximate surface area is 196 Å². The molecule has 1 aromatic heterocycles. The van der Waals surface area contributed by atoms with E-state index in [1.54, 1.807) is 12.4 Å². The Morgan fingerprint density at radius 2 is 1.25 bits per heavy atom. The quantitative estimate of drug-likeness (QED) is 0.219. The zero-order valence-electron chi connectivity index (χ0n) is 20.7. The minimum atomic E-state index is 0.712. The third-order valence-corrected chi connectivity index (χ3v) is 6.06. The van der Waals surface area contributed by atoms with Crippen molar-refractivity contribution < 1.29 is 9.47 Å². The molecule has 0 aliphatic carbocycles. The van der Waals surface area contributed by atoms with E-state index >= 15 is 0 Å². The van der Waals surface area contributed by atoms with Gasteiger partial charge in [0.15, 0.2) is 11.6 Å². The normalized spacial score (nSPS) is 12.0. The maximum Gasteiger partial charge on any atom is 0.159 e. The highest BCUT2D eigenvalue weighted by Gasteiger charge is 2.04. The van der Waals surface area contributed by atoms with Gasteiger partial charge in [0.2, 0.25) is 0 Å². The van der Waals surface area contributed by atoms with Gasteiger partial charge in [0.05, 0.1) is 25.6 Å². The number of benzene rings is 1.